The third-order valence-corrected chi connectivity index (χ3v) is 5.95. The Balaban J connectivity index is 2.12. The summed E-state index contributed by atoms with van der Waals surface area (Å²) in [6.07, 6.45) is 0.667. The maximum atomic E-state index is 12.7. The van der Waals surface area contributed by atoms with E-state index in [1.807, 2.05) is 48.5 Å². The highest BCUT2D eigenvalue weighted by Gasteiger charge is 2.36. The molecule has 1 N–H and O–H groups in total. The summed E-state index contributed by atoms with van der Waals surface area (Å²) in [4.78, 5) is 0. The van der Waals surface area contributed by atoms with Gasteiger partial charge in [-0.25, -0.2) is 4.72 Å². The summed E-state index contributed by atoms with van der Waals surface area (Å²) in [5, 5.41) is 0. The van der Waals surface area contributed by atoms with Crippen molar-refractivity contribution in [2.75, 3.05) is 20.2 Å². The molecular formula is C18H22N2O3S. The lowest BCUT2D eigenvalue weighted by atomic mass is 9.90. The molecule has 0 bridgehead atoms. The minimum absolute atomic E-state index is 0.329. The largest absolute Gasteiger partial charge is 0.497 e. The fourth-order valence-electron chi connectivity index (χ4n) is 3.21. The predicted octanol–water partition coefficient (Wildman–Crippen LogP) is 2.50. The molecule has 1 heterocycles. The Labute approximate surface area is 143 Å². The van der Waals surface area contributed by atoms with Gasteiger partial charge in [-0.1, -0.05) is 43.3 Å². The van der Waals surface area contributed by atoms with Gasteiger partial charge in [0.15, 0.2) is 0 Å². The molecule has 0 spiro atoms. The summed E-state index contributed by atoms with van der Waals surface area (Å²) in [6.45, 7) is 2.60. The number of nitrogens with one attached hydrogen (secondary N) is 1. The Morgan fingerprint density at radius 3 is 2.62 bits per heavy atom. The van der Waals surface area contributed by atoms with Gasteiger partial charge in [-0.05, 0) is 35.2 Å². The van der Waals surface area contributed by atoms with Gasteiger partial charge in [0, 0.05) is 13.1 Å². The lowest BCUT2D eigenvalue weighted by molar-refractivity contribution is 0.337. The first-order valence-corrected chi connectivity index (χ1v) is 9.49. The lowest BCUT2D eigenvalue weighted by Crippen LogP contribution is -2.46. The first kappa shape index (κ1) is 17.0. The van der Waals surface area contributed by atoms with Gasteiger partial charge >= 0.3 is 0 Å². The molecular weight excluding hydrogens is 324 g/mol. The molecule has 1 aliphatic rings. The van der Waals surface area contributed by atoms with Crippen molar-refractivity contribution in [1.82, 2.24) is 9.03 Å². The molecule has 1 atom stereocenters. The van der Waals surface area contributed by atoms with Gasteiger partial charge in [0.05, 0.1) is 13.2 Å². The van der Waals surface area contributed by atoms with Gasteiger partial charge in [-0.2, -0.15) is 12.7 Å². The standard InChI is InChI=1S/C18H22N2O3S/c1-3-19-24(21,22)20-12-11-15-13-16(23-2)9-10-17(15)18(20)14-7-5-4-6-8-14/h4-10,13,18-19H,3,11-12H2,1-2H3. The van der Waals surface area contributed by atoms with E-state index >= 15 is 0 Å². The topological polar surface area (TPSA) is 58.6 Å². The second-order valence-electron chi connectivity index (χ2n) is 5.74. The second-order valence-corrected chi connectivity index (χ2v) is 7.45. The van der Waals surface area contributed by atoms with Gasteiger partial charge in [0.1, 0.15) is 5.75 Å². The van der Waals surface area contributed by atoms with Gasteiger partial charge < -0.3 is 4.74 Å². The van der Waals surface area contributed by atoms with Crippen LogP contribution >= 0.6 is 0 Å². The molecule has 6 heteroatoms. The SMILES string of the molecule is CCNS(=O)(=O)N1CCc2cc(OC)ccc2C1c1ccccc1. The molecule has 2 aromatic rings. The molecule has 1 aliphatic heterocycles. The summed E-state index contributed by atoms with van der Waals surface area (Å²) in [5.74, 6) is 0.795. The zero-order chi connectivity index (χ0) is 17.2. The smallest absolute Gasteiger partial charge is 0.280 e. The van der Waals surface area contributed by atoms with Gasteiger partial charge in [-0.3, -0.25) is 0 Å². The highest BCUT2D eigenvalue weighted by molar-refractivity contribution is 7.87. The van der Waals surface area contributed by atoms with Crippen LogP contribution in [0.1, 0.15) is 29.7 Å². The maximum Gasteiger partial charge on any atom is 0.280 e. The van der Waals surface area contributed by atoms with Crippen molar-refractivity contribution < 1.29 is 13.2 Å². The van der Waals surface area contributed by atoms with Crippen LogP contribution < -0.4 is 9.46 Å². The summed E-state index contributed by atoms with van der Waals surface area (Å²) in [5.41, 5.74) is 3.10. The zero-order valence-electron chi connectivity index (χ0n) is 13.9. The van der Waals surface area contributed by atoms with Crippen LogP contribution in [-0.2, 0) is 16.6 Å². The average Bonchev–Trinajstić information content (AvgIpc) is 2.60. The second kappa shape index (κ2) is 6.93. The van der Waals surface area contributed by atoms with Gasteiger partial charge in [0.2, 0.25) is 0 Å². The van der Waals surface area contributed by atoms with Crippen LogP contribution in [-0.4, -0.2) is 32.9 Å². The highest BCUT2D eigenvalue weighted by atomic mass is 32.2. The van der Waals surface area contributed by atoms with Crippen molar-refractivity contribution in [3.05, 3.63) is 65.2 Å². The van der Waals surface area contributed by atoms with E-state index < -0.39 is 10.2 Å². The highest BCUT2D eigenvalue weighted by Crippen LogP contribution is 2.37. The fraction of sp³-hybridized carbons (Fsp3) is 0.333. The van der Waals surface area contributed by atoms with Crippen LogP contribution in [0.5, 0.6) is 5.75 Å². The molecule has 1 unspecified atom stereocenters. The Morgan fingerprint density at radius 1 is 1.21 bits per heavy atom. The predicted molar refractivity (Wildman–Crippen MR) is 94.3 cm³/mol. The quantitative estimate of drug-likeness (QED) is 0.905. The Kier molecular flexibility index (Phi) is 4.89. The first-order chi connectivity index (χ1) is 11.6. The third kappa shape index (κ3) is 3.17. The van der Waals surface area contributed by atoms with E-state index in [-0.39, 0.29) is 6.04 Å². The molecule has 0 radical (unpaired) electrons. The molecule has 3 rings (SSSR count). The van der Waals surface area contributed by atoms with E-state index in [2.05, 4.69) is 4.72 Å². The van der Waals surface area contributed by atoms with E-state index in [4.69, 9.17) is 4.74 Å². The first-order valence-electron chi connectivity index (χ1n) is 8.05. The summed E-state index contributed by atoms with van der Waals surface area (Å²) in [6, 6.07) is 15.3. The number of hydrogen-bond donors (Lipinski definition) is 1. The normalized spacial score (nSPS) is 18.2. The van der Waals surface area contributed by atoms with Crippen molar-refractivity contribution in [2.45, 2.75) is 19.4 Å². The molecule has 0 fully saturated rings. The maximum absolute atomic E-state index is 12.7. The summed E-state index contributed by atoms with van der Waals surface area (Å²) >= 11 is 0. The van der Waals surface area contributed by atoms with Crippen molar-refractivity contribution in [2.24, 2.45) is 0 Å². The van der Waals surface area contributed by atoms with E-state index in [0.29, 0.717) is 19.5 Å². The van der Waals surface area contributed by atoms with E-state index in [1.165, 1.54) is 0 Å². The lowest BCUT2D eigenvalue weighted by Gasteiger charge is -2.36. The average molecular weight is 346 g/mol. The van der Waals surface area contributed by atoms with Crippen LogP contribution in [0.2, 0.25) is 0 Å². The van der Waals surface area contributed by atoms with Crippen LogP contribution in [0.3, 0.4) is 0 Å². The van der Waals surface area contributed by atoms with Crippen molar-refractivity contribution in [3.63, 3.8) is 0 Å². The molecule has 0 saturated heterocycles. The number of nitrogens with zero attached hydrogens (tertiary/aromatic N) is 1. The molecule has 24 heavy (non-hydrogen) atoms. The molecule has 0 amide bonds. The summed E-state index contributed by atoms with van der Waals surface area (Å²) in [7, 11) is -1.90. The van der Waals surface area contributed by atoms with Gasteiger partial charge in [-0.15, -0.1) is 0 Å². The van der Waals surface area contributed by atoms with E-state index in [9.17, 15) is 8.42 Å². The number of benzene rings is 2. The Bertz CT molecular complexity index is 806. The third-order valence-electron chi connectivity index (χ3n) is 4.29. The van der Waals surface area contributed by atoms with Crippen molar-refractivity contribution in [3.8, 4) is 5.75 Å². The van der Waals surface area contributed by atoms with E-state index in [0.717, 1.165) is 22.4 Å². The summed E-state index contributed by atoms with van der Waals surface area (Å²) < 4.78 is 34.9. The van der Waals surface area contributed by atoms with Crippen LogP contribution in [0.25, 0.3) is 0 Å². The molecule has 0 aliphatic carbocycles. The molecule has 0 aromatic heterocycles. The molecule has 0 saturated carbocycles. The Morgan fingerprint density at radius 2 is 1.96 bits per heavy atom. The van der Waals surface area contributed by atoms with Crippen LogP contribution in [0.15, 0.2) is 48.5 Å². The van der Waals surface area contributed by atoms with Crippen LogP contribution in [0.4, 0.5) is 0 Å². The van der Waals surface area contributed by atoms with Crippen LogP contribution in [0, 0.1) is 0 Å². The Hall–Kier alpha value is -1.89. The van der Waals surface area contributed by atoms with Crippen molar-refractivity contribution >= 4 is 10.2 Å². The minimum Gasteiger partial charge on any atom is -0.497 e. The monoisotopic (exact) mass is 346 g/mol. The van der Waals surface area contributed by atoms with Gasteiger partial charge in [0.25, 0.3) is 10.2 Å². The number of rotatable bonds is 5. The molecule has 2 aromatic carbocycles. The van der Waals surface area contributed by atoms with Crippen molar-refractivity contribution in [1.29, 1.82) is 0 Å². The van der Waals surface area contributed by atoms with E-state index in [1.54, 1.807) is 18.3 Å². The zero-order valence-corrected chi connectivity index (χ0v) is 14.7. The number of fused-ring (bicyclic) bond motifs is 1. The molecule has 5 nitrogen and oxygen atoms in total. The minimum atomic E-state index is -3.54. The number of hydrogen-bond acceptors (Lipinski definition) is 3. The fourth-order valence-corrected chi connectivity index (χ4v) is 4.59. The number of methoxy groups -OCH3 is 1. The molecule has 128 valence electrons. The number of ether oxygens (including phenoxy) is 1.